The highest BCUT2D eigenvalue weighted by atomic mass is 16.5. The summed E-state index contributed by atoms with van der Waals surface area (Å²) in [4.78, 5) is 24.2. The molecule has 0 aliphatic rings. The second kappa shape index (κ2) is 8.84. The van der Waals surface area contributed by atoms with Crippen LogP contribution in [0.4, 0.5) is 5.69 Å². The lowest BCUT2D eigenvalue weighted by molar-refractivity contribution is -0.146. The van der Waals surface area contributed by atoms with Crippen LogP contribution in [-0.4, -0.2) is 28.3 Å². The molecule has 0 atom stereocenters. The van der Waals surface area contributed by atoms with Gasteiger partial charge < -0.3 is 10.1 Å². The first-order valence-electron chi connectivity index (χ1n) is 9.22. The Morgan fingerprint density at radius 1 is 1.11 bits per heavy atom. The molecule has 0 aliphatic heterocycles. The number of hydrogen-bond acceptors (Lipinski definition) is 4. The number of carbonyl (C=O) groups excluding carboxylic acids is 2. The summed E-state index contributed by atoms with van der Waals surface area (Å²) in [6.45, 7) is 12.5. The van der Waals surface area contributed by atoms with Gasteiger partial charge in [0.1, 0.15) is 0 Å². The average Bonchev–Trinajstić information content (AvgIpc) is 2.79. The summed E-state index contributed by atoms with van der Waals surface area (Å²) in [6.07, 6.45) is 0.118. The van der Waals surface area contributed by atoms with Gasteiger partial charge in [-0.1, -0.05) is 19.9 Å². The first-order valence-corrected chi connectivity index (χ1v) is 9.22. The fraction of sp³-hybridized carbons (Fsp3) is 0.476. The van der Waals surface area contributed by atoms with E-state index in [1.807, 2.05) is 50.6 Å². The zero-order chi connectivity index (χ0) is 20.1. The molecule has 6 heteroatoms. The number of nitrogens with one attached hydrogen (secondary N) is 1. The van der Waals surface area contributed by atoms with Gasteiger partial charge in [-0.25, -0.2) is 0 Å². The summed E-state index contributed by atoms with van der Waals surface area (Å²) in [6, 6.07) is 5.78. The first-order chi connectivity index (χ1) is 12.7. The summed E-state index contributed by atoms with van der Waals surface area (Å²) in [5.74, 6) is -0.310. The van der Waals surface area contributed by atoms with Gasteiger partial charge in [-0.3, -0.25) is 14.3 Å². The fourth-order valence-corrected chi connectivity index (χ4v) is 3.10. The lowest BCUT2D eigenvalue weighted by atomic mass is 10.1. The Hall–Kier alpha value is -2.63. The Morgan fingerprint density at radius 3 is 2.33 bits per heavy atom. The van der Waals surface area contributed by atoms with Crippen molar-refractivity contribution in [2.75, 3.05) is 11.9 Å². The molecule has 0 spiro atoms. The van der Waals surface area contributed by atoms with Crippen molar-refractivity contribution in [1.82, 2.24) is 9.78 Å². The quantitative estimate of drug-likeness (QED) is 0.756. The number of anilines is 1. The smallest absolute Gasteiger partial charge is 0.310 e. The van der Waals surface area contributed by atoms with Gasteiger partial charge in [-0.2, -0.15) is 5.10 Å². The SMILES string of the molecule is Cc1cc(C)cc(NC(=O)COC(=O)Cc2c(C)nn(CC(C)C)c2C)c1. The predicted octanol–water partition coefficient (Wildman–Crippen LogP) is 3.50. The van der Waals surface area contributed by atoms with Crippen molar-refractivity contribution in [2.45, 2.75) is 54.5 Å². The van der Waals surface area contributed by atoms with Crippen molar-refractivity contribution >= 4 is 17.6 Å². The molecule has 1 heterocycles. The number of esters is 1. The van der Waals surface area contributed by atoms with Gasteiger partial charge in [0.05, 0.1) is 12.1 Å². The highest BCUT2D eigenvalue weighted by Gasteiger charge is 2.17. The van der Waals surface area contributed by atoms with Crippen LogP contribution >= 0.6 is 0 Å². The number of ether oxygens (including phenoxy) is 1. The van der Waals surface area contributed by atoms with E-state index in [4.69, 9.17) is 4.74 Å². The molecule has 1 aromatic carbocycles. The van der Waals surface area contributed by atoms with E-state index < -0.39 is 5.97 Å². The van der Waals surface area contributed by atoms with Gasteiger partial charge in [0.15, 0.2) is 6.61 Å². The Kier molecular flexibility index (Phi) is 6.77. The van der Waals surface area contributed by atoms with Gasteiger partial charge in [0, 0.05) is 23.5 Å². The molecule has 146 valence electrons. The molecule has 2 aromatic rings. The maximum absolute atomic E-state index is 12.2. The van der Waals surface area contributed by atoms with Crippen molar-refractivity contribution in [3.05, 3.63) is 46.3 Å². The highest BCUT2D eigenvalue weighted by Crippen LogP contribution is 2.16. The average molecular weight is 371 g/mol. The maximum Gasteiger partial charge on any atom is 0.310 e. The lowest BCUT2D eigenvalue weighted by Crippen LogP contribution is -2.22. The van der Waals surface area contributed by atoms with Crippen LogP contribution in [0.1, 0.15) is 41.9 Å². The Labute approximate surface area is 160 Å². The van der Waals surface area contributed by atoms with E-state index in [-0.39, 0.29) is 18.9 Å². The molecule has 0 saturated heterocycles. The summed E-state index contributed by atoms with van der Waals surface area (Å²) in [5, 5.41) is 7.26. The van der Waals surface area contributed by atoms with E-state index in [9.17, 15) is 9.59 Å². The second-order valence-corrected chi connectivity index (χ2v) is 7.49. The third-order valence-electron chi connectivity index (χ3n) is 4.26. The number of aryl methyl sites for hydroxylation is 3. The topological polar surface area (TPSA) is 73.2 Å². The van der Waals surface area contributed by atoms with Crippen molar-refractivity contribution < 1.29 is 14.3 Å². The monoisotopic (exact) mass is 371 g/mol. The van der Waals surface area contributed by atoms with E-state index in [0.717, 1.165) is 34.6 Å². The molecule has 2 rings (SSSR count). The predicted molar refractivity (Wildman–Crippen MR) is 106 cm³/mol. The normalized spacial score (nSPS) is 10.9. The zero-order valence-electron chi connectivity index (χ0n) is 17.0. The van der Waals surface area contributed by atoms with Crippen LogP contribution in [0.2, 0.25) is 0 Å². The molecule has 1 N–H and O–H groups in total. The molecule has 1 amide bonds. The molecule has 27 heavy (non-hydrogen) atoms. The van der Waals surface area contributed by atoms with Crippen molar-refractivity contribution in [2.24, 2.45) is 5.92 Å². The number of rotatable bonds is 7. The Balaban J connectivity index is 1.91. The van der Waals surface area contributed by atoms with E-state index in [1.54, 1.807) is 0 Å². The largest absolute Gasteiger partial charge is 0.455 e. The molecular weight excluding hydrogens is 342 g/mol. The number of carbonyl (C=O) groups is 2. The number of benzene rings is 1. The molecule has 0 bridgehead atoms. The third kappa shape index (κ3) is 5.94. The molecule has 0 saturated carbocycles. The van der Waals surface area contributed by atoms with Gasteiger partial charge >= 0.3 is 5.97 Å². The van der Waals surface area contributed by atoms with Crippen LogP contribution in [0.5, 0.6) is 0 Å². The van der Waals surface area contributed by atoms with Gasteiger partial charge in [0.25, 0.3) is 5.91 Å². The molecule has 1 aromatic heterocycles. The maximum atomic E-state index is 12.2. The fourth-order valence-electron chi connectivity index (χ4n) is 3.10. The highest BCUT2D eigenvalue weighted by molar-refractivity contribution is 5.93. The zero-order valence-corrected chi connectivity index (χ0v) is 17.0. The van der Waals surface area contributed by atoms with Crippen LogP contribution in [0.15, 0.2) is 18.2 Å². The van der Waals surface area contributed by atoms with Crippen LogP contribution in [0, 0.1) is 33.6 Å². The van der Waals surface area contributed by atoms with Crippen LogP contribution < -0.4 is 5.32 Å². The van der Waals surface area contributed by atoms with Crippen molar-refractivity contribution in [3.8, 4) is 0 Å². The molecule has 6 nitrogen and oxygen atoms in total. The number of nitrogens with zero attached hydrogens (tertiary/aromatic N) is 2. The summed E-state index contributed by atoms with van der Waals surface area (Å²) in [7, 11) is 0. The first kappa shape index (κ1) is 20.7. The Bertz CT molecular complexity index is 817. The third-order valence-corrected chi connectivity index (χ3v) is 4.26. The van der Waals surface area contributed by atoms with Gasteiger partial charge in [0.2, 0.25) is 0 Å². The standard InChI is InChI=1S/C21H29N3O3/c1-13(2)11-24-17(6)19(16(5)23-24)10-21(26)27-12-20(25)22-18-8-14(3)7-15(4)9-18/h7-9,13H,10-12H2,1-6H3,(H,22,25). The Morgan fingerprint density at radius 2 is 1.74 bits per heavy atom. The minimum atomic E-state index is -0.430. The molecule has 0 unspecified atom stereocenters. The van der Waals surface area contributed by atoms with Crippen LogP contribution in [-0.2, 0) is 27.3 Å². The molecule has 0 aliphatic carbocycles. The lowest BCUT2D eigenvalue weighted by Gasteiger charge is -2.09. The summed E-state index contributed by atoms with van der Waals surface area (Å²) >= 11 is 0. The van der Waals surface area contributed by atoms with Crippen LogP contribution in [0.25, 0.3) is 0 Å². The van der Waals surface area contributed by atoms with Crippen LogP contribution in [0.3, 0.4) is 0 Å². The van der Waals surface area contributed by atoms with Gasteiger partial charge in [-0.15, -0.1) is 0 Å². The second-order valence-electron chi connectivity index (χ2n) is 7.49. The van der Waals surface area contributed by atoms with E-state index >= 15 is 0 Å². The number of hydrogen-bond donors (Lipinski definition) is 1. The minimum Gasteiger partial charge on any atom is -0.455 e. The minimum absolute atomic E-state index is 0.118. The van der Waals surface area contributed by atoms with E-state index in [1.165, 1.54) is 0 Å². The van der Waals surface area contributed by atoms with E-state index in [0.29, 0.717) is 11.6 Å². The molecule has 0 radical (unpaired) electrons. The molecule has 0 fully saturated rings. The summed E-state index contributed by atoms with van der Waals surface area (Å²) in [5.41, 5.74) is 5.49. The van der Waals surface area contributed by atoms with Crippen molar-refractivity contribution in [3.63, 3.8) is 0 Å². The van der Waals surface area contributed by atoms with E-state index in [2.05, 4.69) is 24.3 Å². The number of aromatic nitrogens is 2. The van der Waals surface area contributed by atoms with Crippen molar-refractivity contribution in [1.29, 1.82) is 0 Å². The number of amides is 1. The molecular formula is C21H29N3O3. The summed E-state index contributed by atoms with van der Waals surface area (Å²) < 4.78 is 7.08. The van der Waals surface area contributed by atoms with Gasteiger partial charge in [-0.05, 0) is 56.9 Å².